The van der Waals surface area contributed by atoms with Gasteiger partial charge in [0.2, 0.25) is 0 Å². The summed E-state index contributed by atoms with van der Waals surface area (Å²) in [6, 6.07) is 0. The summed E-state index contributed by atoms with van der Waals surface area (Å²) >= 11 is 7.47. The molecule has 5 nitrogen and oxygen atoms in total. The minimum absolute atomic E-state index is 0.0866. The predicted molar refractivity (Wildman–Crippen MR) is 78.5 cm³/mol. The van der Waals surface area contributed by atoms with E-state index in [1.165, 1.54) is 16.2 Å². The third kappa shape index (κ3) is 3.07. The van der Waals surface area contributed by atoms with Crippen molar-refractivity contribution in [3.8, 4) is 0 Å². The number of nitrogens with zero attached hydrogens (tertiary/aromatic N) is 2. The minimum Gasteiger partial charge on any atom is -0.444 e. The van der Waals surface area contributed by atoms with Crippen LogP contribution in [0.3, 0.4) is 0 Å². The van der Waals surface area contributed by atoms with Crippen LogP contribution in [0.2, 0.25) is 5.02 Å². The topological polar surface area (TPSA) is 49.9 Å². The second-order valence-corrected chi connectivity index (χ2v) is 6.26. The third-order valence-corrected chi connectivity index (χ3v) is 4.84. The molecule has 20 heavy (non-hydrogen) atoms. The van der Waals surface area contributed by atoms with Crippen LogP contribution < -0.4 is 0 Å². The summed E-state index contributed by atoms with van der Waals surface area (Å²) in [5.74, 6) is -0.0866. The Bertz CT molecular complexity index is 530. The lowest BCUT2D eigenvalue weighted by Gasteiger charge is -2.18. The zero-order valence-corrected chi connectivity index (χ0v) is 13.3. The van der Waals surface area contributed by atoms with Gasteiger partial charge in [-0.25, -0.2) is 4.79 Å². The van der Waals surface area contributed by atoms with E-state index in [1.54, 1.807) is 19.0 Å². The number of aryl methyl sites for hydroxylation is 1. The van der Waals surface area contributed by atoms with Crippen LogP contribution in [0.5, 0.6) is 0 Å². The van der Waals surface area contributed by atoms with Gasteiger partial charge in [-0.15, -0.1) is 11.3 Å². The minimum atomic E-state index is -0.380. The van der Waals surface area contributed by atoms with Gasteiger partial charge in [0.05, 0.1) is 11.6 Å². The van der Waals surface area contributed by atoms with Crippen LogP contribution >= 0.6 is 22.9 Å². The molecule has 0 N–H and O–H groups in total. The number of carbonyl (C=O) groups excluding carboxylic acids is 2. The Morgan fingerprint density at radius 1 is 1.50 bits per heavy atom. The summed E-state index contributed by atoms with van der Waals surface area (Å²) in [4.78, 5) is 27.5. The van der Waals surface area contributed by atoms with Crippen LogP contribution in [0, 0.1) is 6.92 Å². The van der Waals surface area contributed by atoms with Crippen LogP contribution in [-0.4, -0.2) is 55.1 Å². The van der Waals surface area contributed by atoms with E-state index in [0.717, 1.165) is 5.56 Å². The molecule has 1 aliphatic heterocycles. The summed E-state index contributed by atoms with van der Waals surface area (Å²) in [7, 11) is 3.27. The van der Waals surface area contributed by atoms with Crippen molar-refractivity contribution in [2.45, 2.75) is 19.4 Å². The Morgan fingerprint density at radius 2 is 2.20 bits per heavy atom. The second-order valence-electron chi connectivity index (χ2n) is 5.00. The molecule has 0 bridgehead atoms. The number of rotatable bonds is 2. The molecule has 2 rings (SSSR count). The molecule has 1 unspecified atom stereocenters. The maximum atomic E-state index is 12.3. The highest BCUT2D eigenvalue weighted by molar-refractivity contribution is 7.13. The lowest BCUT2D eigenvalue weighted by atomic mass is 10.3. The molecule has 0 spiro atoms. The first-order valence-corrected chi connectivity index (χ1v) is 7.56. The number of amides is 2. The fraction of sp³-hybridized carbons (Fsp3) is 0.538. The average molecular weight is 317 g/mol. The Morgan fingerprint density at radius 3 is 2.75 bits per heavy atom. The number of halogens is 1. The summed E-state index contributed by atoms with van der Waals surface area (Å²) < 4.78 is 5.29. The number of likely N-dealkylation sites (tertiary alicyclic amines) is 1. The molecular weight excluding hydrogens is 300 g/mol. The molecule has 1 aliphatic rings. The third-order valence-electron chi connectivity index (χ3n) is 3.16. The van der Waals surface area contributed by atoms with Gasteiger partial charge in [0.1, 0.15) is 11.0 Å². The maximum Gasteiger partial charge on any atom is 0.409 e. The fourth-order valence-electron chi connectivity index (χ4n) is 1.97. The Kier molecular flexibility index (Phi) is 4.55. The molecule has 0 aliphatic carbocycles. The van der Waals surface area contributed by atoms with E-state index in [4.69, 9.17) is 16.3 Å². The van der Waals surface area contributed by atoms with E-state index in [-0.39, 0.29) is 18.1 Å². The average Bonchev–Trinajstić information content (AvgIpc) is 2.98. The second kappa shape index (κ2) is 6.01. The van der Waals surface area contributed by atoms with Crippen molar-refractivity contribution in [1.82, 2.24) is 9.80 Å². The Hall–Kier alpha value is -1.27. The molecule has 0 saturated carbocycles. The highest BCUT2D eigenvalue weighted by atomic mass is 35.5. The lowest BCUT2D eigenvalue weighted by Crippen LogP contribution is -2.32. The van der Waals surface area contributed by atoms with Crippen molar-refractivity contribution >= 4 is 34.9 Å². The van der Waals surface area contributed by atoms with Crippen molar-refractivity contribution in [2.75, 3.05) is 27.2 Å². The lowest BCUT2D eigenvalue weighted by molar-refractivity contribution is 0.0668. The van der Waals surface area contributed by atoms with Crippen LogP contribution in [0.4, 0.5) is 4.79 Å². The maximum absolute atomic E-state index is 12.3. The summed E-state index contributed by atoms with van der Waals surface area (Å²) in [6.07, 6.45) is 0.0378. The van der Waals surface area contributed by atoms with Crippen molar-refractivity contribution in [1.29, 1.82) is 0 Å². The molecule has 0 radical (unpaired) electrons. The van der Waals surface area contributed by atoms with Crippen LogP contribution in [-0.2, 0) is 4.74 Å². The van der Waals surface area contributed by atoms with E-state index in [9.17, 15) is 9.59 Å². The molecule has 1 aromatic heterocycles. The van der Waals surface area contributed by atoms with Gasteiger partial charge in [-0.2, -0.15) is 0 Å². The zero-order valence-electron chi connectivity index (χ0n) is 11.7. The van der Waals surface area contributed by atoms with Crippen molar-refractivity contribution in [3.05, 3.63) is 20.8 Å². The Labute approximate surface area is 127 Å². The number of ether oxygens (including phenoxy) is 1. The number of thiophene rings is 1. The zero-order chi connectivity index (χ0) is 14.9. The predicted octanol–water partition coefficient (Wildman–Crippen LogP) is 2.62. The van der Waals surface area contributed by atoms with Gasteiger partial charge in [-0.3, -0.25) is 4.79 Å². The molecular formula is C13H17ClN2O3S. The van der Waals surface area contributed by atoms with Gasteiger partial charge in [-0.05, 0) is 17.9 Å². The molecule has 1 saturated heterocycles. The summed E-state index contributed by atoms with van der Waals surface area (Å²) in [5.41, 5.74) is 0.912. The standard InChI is InChI=1S/C13H17ClN2O3S/c1-8-7-20-11(10(8)14)12(17)16-5-4-9(6-16)19-13(18)15(2)3/h7,9H,4-6H2,1-3H3. The molecule has 2 heterocycles. The monoisotopic (exact) mass is 316 g/mol. The van der Waals surface area contributed by atoms with E-state index in [0.29, 0.717) is 29.4 Å². The smallest absolute Gasteiger partial charge is 0.409 e. The van der Waals surface area contributed by atoms with Gasteiger partial charge in [-0.1, -0.05) is 11.6 Å². The van der Waals surface area contributed by atoms with Gasteiger partial charge >= 0.3 is 6.09 Å². The van der Waals surface area contributed by atoms with Crippen LogP contribution in [0.1, 0.15) is 21.7 Å². The van der Waals surface area contributed by atoms with Crippen LogP contribution in [0.25, 0.3) is 0 Å². The first kappa shape index (κ1) is 15.1. The summed E-state index contributed by atoms with van der Waals surface area (Å²) in [5, 5.41) is 2.39. The quantitative estimate of drug-likeness (QED) is 0.842. The van der Waals surface area contributed by atoms with Crippen LogP contribution in [0.15, 0.2) is 5.38 Å². The first-order valence-electron chi connectivity index (χ1n) is 6.31. The number of carbonyl (C=O) groups is 2. The molecule has 1 aromatic rings. The van der Waals surface area contributed by atoms with Crippen molar-refractivity contribution in [2.24, 2.45) is 0 Å². The normalized spacial score (nSPS) is 18.2. The van der Waals surface area contributed by atoms with Gasteiger partial charge in [0, 0.05) is 27.1 Å². The van der Waals surface area contributed by atoms with Crippen molar-refractivity contribution < 1.29 is 14.3 Å². The van der Waals surface area contributed by atoms with Gasteiger partial charge in [0.25, 0.3) is 5.91 Å². The van der Waals surface area contributed by atoms with E-state index in [2.05, 4.69) is 0 Å². The Balaban J connectivity index is 1.97. The van der Waals surface area contributed by atoms with E-state index < -0.39 is 0 Å². The molecule has 7 heteroatoms. The highest BCUT2D eigenvalue weighted by Crippen LogP contribution is 2.29. The molecule has 2 amide bonds. The molecule has 110 valence electrons. The van der Waals surface area contributed by atoms with Gasteiger partial charge in [0.15, 0.2) is 0 Å². The largest absolute Gasteiger partial charge is 0.444 e. The highest BCUT2D eigenvalue weighted by Gasteiger charge is 2.31. The number of hydrogen-bond donors (Lipinski definition) is 0. The fourth-order valence-corrected chi connectivity index (χ4v) is 3.22. The van der Waals surface area contributed by atoms with E-state index in [1.807, 2.05) is 12.3 Å². The molecule has 1 fully saturated rings. The first-order chi connectivity index (χ1) is 9.40. The molecule has 1 atom stereocenters. The van der Waals surface area contributed by atoms with E-state index >= 15 is 0 Å². The number of hydrogen-bond acceptors (Lipinski definition) is 4. The van der Waals surface area contributed by atoms with Crippen molar-refractivity contribution in [3.63, 3.8) is 0 Å². The molecule has 0 aromatic carbocycles. The van der Waals surface area contributed by atoms with Gasteiger partial charge < -0.3 is 14.5 Å². The summed E-state index contributed by atoms with van der Waals surface area (Å²) in [6.45, 7) is 2.88. The SMILES string of the molecule is Cc1csc(C(=O)N2CCC(OC(=O)N(C)C)C2)c1Cl.